The van der Waals surface area contributed by atoms with Gasteiger partial charge in [-0.05, 0) is 30.3 Å². The maximum atomic E-state index is 12.6. The van der Waals surface area contributed by atoms with Crippen molar-refractivity contribution >= 4 is 28.2 Å². The summed E-state index contributed by atoms with van der Waals surface area (Å²) in [6.07, 6.45) is 6.08. The lowest BCUT2D eigenvalue weighted by Gasteiger charge is -2.09. The molecule has 27 heavy (non-hydrogen) atoms. The first-order valence-corrected chi connectivity index (χ1v) is 8.68. The van der Waals surface area contributed by atoms with Gasteiger partial charge in [-0.1, -0.05) is 24.3 Å². The number of hydrogen-bond acceptors (Lipinski definition) is 4. The Morgan fingerprint density at radius 2 is 2.11 bits per heavy atom. The molecule has 0 unspecified atom stereocenters. The molecule has 0 saturated heterocycles. The van der Waals surface area contributed by atoms with Gasteiger partial charge in [0.25, 0.3) is 5.91 Å². The van der Waals surface area contributed by atoms with Crippen molar-refractivity contribution in [1.82, 2.24) is 14.9 Å². The molecule has 0 bridgehead atoms. The molecule has 6 nitrogen and oxygen atoms in total. The molecule has 2 aromatic carbocycles. The van der Waals surface area contributed by atoms with E-state index in [2.05, 4.69) is 22.8 Å². The number of amides is 1. The topological polar surface area (TPSA) is 68.2 Å². The van der Waals surface area contributed by atoms with Gasteiger partial charge in [0.1, 0.15) is 11.6 Å². The Bertz CT molecular complexity index is 1080. The van der Waals surface area contributed by atoms with Crippen LogP contribution in [0.3, 0.4) is 0 Å². The molecule has 1 amide bonds. The highest BCUT2D eigenvalue weighted by atomic mass is 16.5. The highest BCUT2D eigenvalue weighted by Gasteiger charge is 2.15. The van der Waals surface area contributed by atoms with Crippen molar-refractivity contribution in [3.05, 3.63) is 72.2 Å². The van der Waals surface area contributed by atoms with E-state index in [4.69, 9.17) is 9.72 Å². The Hall–Kier alpha value is -3.54. The van der Waals surface area contributed by atoms with Gasteiger partial charge >= 0.3 is 0 Å². The van der Waals surface area contributed by atoms with Gasteiger partial charge in [0.15, 0.2) is 0 Å². The molecule has 1 aromatic heterocycles. The zero-order valence-electron chi connectivity index (χ0n) is 15.2. The number of nitrogens with zero attached hydrogens (tertiary/aromatic N) is 2. The SMILES string of the molecule is COc1ccccc1C(=O)Nc1ccc2c(c1)nc(C1=CNCC=C1)n2C. The van der Waals surface area contributed by atoms with Crippen LogP contribution in [0.25, 0.3) is 16.6 Å². The first-order chi connectivity index (χ1) is 13.2. The second-order valence-electron chi connectivity index (χ2n) is 6.26. The van der Waals surface area contributed by atoms with E-state index in [0.717, 1.165) is 29.0 Å². The van der Waals surface area contributed by atoms with Crippen molar-refractivity contribution in [1.29, 1.82) is 0 Å². The number of nitrogens with one attached hydrogen (secondary N) is 2. The van der Waals surface area contributed by atoms with Crippen LogP contribution in [-0.4, -0.2) is 29.1 Å². The van der Waals surface area contributed by atoms with Crippen LogP contribution in [0.1, 0.15) is 16.2 Å². The molecule has 0 saturated carbocycles. The van der Waals surface area contributed by atoms with E-state index in [0.29, 0.717) is 17.0 Å². The molecule has 1 aliphatic heterocycles. The van der Waals surface area contributed by atoms with Gasteiger partial charge in [0.2, 0.25) is 0 Å². The van der Waals surface area contributed by atoms with Crippen LogP contribution >= 0.6 is 0 Å². The molecule has 0 aliphatic carbocycles. The highest BCUT2D eigenvalue weighted by molar-refractivity contribution is 6.06. The summed E-state index contributed by atoms with van der Waals surface area (Å²) in [5.74, 6) is 1.20. The lowest BCUT2D eigenvalue weighted by atomic mass is 10.2. The van der Waals surface area contributed by atoms with Gasteiger partial charge in [-0.3, -0.25) is 4.79 Å². The highest BCUT2D eigenvalue weighted by Crippen LogP contribution is 2.25. The van der Waals surface area contributed by atoms with Gasteiger partial charge in [-0.2, -0.15) is 0 Å². The Kier molecular flexibility index (Phi) is 4.38. The van der Waals surface area contributed by atoms with Gasteiger partial charge < -0.3 is 19.9 Å². The summed E-state index contributed by atoms with van der Waals surface area (Å²) in [5, 5.41) is 6.12. The fraction of sp³-hybridized carbons (Fsp3) is 0.143. The number of rotatable bonds is 4. The molecule has 2 N–H and O–H groups in total. The average Bonchev–Trinajstić information content (AvgIpc) is 3.04. The Balaban J connectivity index is 1.65. The summed E-state index contributed by atoms with van der Waals surface area (Å²) in [4.78, 5) is 17.3. The number of imidazole rings is 1. The number of carbonyl (C=O) groups excluding carboxylic acids is 1. The number of ether oxygens (including phenoxy) is 1. The quantitative estimate of drug-likeness (QED) is 0.749. The molecule has 1 aliphatic rings. The van der Waals surface area contributed by atoms with Crippen molar-refractivity contribution in [2.24, 2.45) is 7.05 Å². The Labute approximate surface area is 157 Å². The first-order valence-electron chi connectivity index (χ1n) is 8.68. The van der Waals surface area contributed by atoms with Crippen LogP contribution in [0.2, 0.25) is 0 Å². The van der Waals surface area contributed by atoms with Crippen molar-refractivity contribution in [2.45, 2.75) is 0 Å². The largest absolute Gasteiger partial charge is 0.496 e. The number of carbonyl (C=O) groups is 1. The fourth-order valence-corrected chi connectivity index (χ4v) is 3.18. The summed E-state index contributed by atoms with van der Waals surface area (Å²) >= 11 is 0. The van der Waals surface area contributed by atoms with Crippen LogP contribution in [-0.2, 0) is 7.05 Å². The minimum Gasteiger partial charge on any atom is -0.496 e. The van der Waals surface area contributed by atoms with E-state index in [1.165, 1.54) is 0 Å². The van der Waals surface area contributed by atoms with Crippen molar-refractivity contribution in [3.8, 4) is 5.75 Å². The number of aryl methyl sites for hydroxylation is 1. The predicted octanol–water partition coefficient (Wildman–Crippen LogP) is 3.33. The summed E-state index contributed by atoms with van der Waals surface area (Å²) in [6, 6.07) is 12.9. The summed E-state index contributed by atoms with van der Waals surface area (Å²) < 4.78 is 7.31. The number of methoxy groups -OCH3 is 1. The van der Waals surface area contributed by atoms with Crippen LogP contribution in [0.15, 0.2) is 60.8 Å². The number of hydrogen-bond donors (Lipinski definition) is 2. The Morgan fingerprint density at radius 3 is 2.89 bits per heavy atom. The maximum absolute atomic E-state index is 12.6. The van der Waals surface area contributed by atoms with Gasteiger partial charge in [0.05, 0.1) is 23.7 Å². The second-order valence-corrected chi connectivity index (χ2v) is 6.26. The van der Waals surface area contributed by atoms with Gasteiger partial charge in [0, 0.05) is 31.1 Å². The standard InChI is InChI=1S/C21H20N4O2/c1-25-18-10-9-15(23-21(26)16-7-3-4-8-19(16)27-2)12-17(18)24-20(25)14-6-5-11-22-13-14/h3-10,12-13,22H,11H2,1-2H3,(H,23,26). The number of para-hydroxylation sites is 1. The summed E-state index contributed by atoms with van der Waals surface area (Å²) in [6.45, 7) is 0.826. The number of benzene rings is 2. The molecule has 0 fully saturated rings. The van der Waals surface area contributed by atoms with Gasteiger partial charge in [-0.15, -0.1) is 0 Å². The molecule has 3 aromatic rings. The molecule has 0 radical (unpaired) electrons. The molecule has 2 heterocycles. The maximum Gasteiger partial charge on any atom is 0.259 e. The molecular weight excluding hydrogens is 340 g/mol. The number of anilines is 1. The fourth-order valence-electron chi connectivity index (χ4n) is 3.18. The molecule has 4 rings (SSSR count). The monoisotopic (exact) mass is 360 g/mol. The minimum atomic E-state index is -0.218. The molecular formula is C21H20N4O2. The van der Waals surface area contributed by atoms with Crippen molar-refractivity contribution in [3.63, 3.8) is 0 Å². The molecule has 0 atom stereocenters. The van der Waals surface area contributed by atoms with Crippen molar-refractivity contribution < 1.29 is 9.53 Å². The third-order valence-corrected chi connectivity index (χ3v) is 4.54. The smallest absolute Gasteiger partial charge is 0.259 e. The van der Waals surface area contributed by atoms with E-state index in [1.807, 2.05) is 48.1 Å². The van der Waals surface area contributed by atoms with E-state index < -0.39 is 0 Å². The minimum absolute atomic E-state index is 0.218. The van der Waals surface area contributed by atoms with Crippen LogP contribution in [0.5, 0.6) is 5.75 Å². The van der Waals surface area contributed by atoms with Crippen molar-refractivity contribution in [2.75, 3.05) is 19.0 Å². The van der Waals surface area contributed by atoms with Crippen LogP contribution in [0.4, 0.5) is 5.69 Å². The number of dihydropyridines is 1. The summed E-state index contributed by atoms with van der Waals surface area (Å²) in [5.41, 5.74) is 4.03. The van der Waals surface area contributed by atoms with Crippen LogP contribution in [0, 0.1) is 0 Å². The first kappa shape index (κ1) is 16.9. The normalized spacial score (nSPS) is 13.2. The van der Waals surface area contributed by atoms with E-state index >= 15 is 0 Å². The lowest BCUT2D eigenvalue weighted by Crippen LogP contribution is -2.13. The summed E-state index contributed by atoms with van der Waals surface area (Å²) in [7, 11) is 3.54. The van der Waals surface area contributed by atoms with Gasteiger partial charge in [-0.25, -0.2) is 4.98 Å². The lowest BCUT2D eigenvalue weighted by molar-refractivity contribution is 0.102. The molecule has 136 valence electrons. The number of allylic oxidation sites excluding steroid dienone is 2. The predicted molar refractivity (Wildman–Crippen MR) is 107 cm³/mol. The van der Waals surface area contributed by atoms with Crippen LogP contribution < -0.4 is 15.4 Å². The molecule has 0 spiro atoms. The number of fused-ring (bicyclic) bond motifs is 1. The average molecular weight is 360 g/mol. The zero-order chi connectivity index (χ0) is 18.8. The number of aromatic nitrogens is 2. The third-order valence-electron chi connectivity index (χ3n) is 4.54. The zero-order valence-corrected chi connectivity index (χ0v) is 15.2. The van der Waals surface area contributed by atoms with E-state index in [-0.39, 0.29) is 5.91 Å². The van der Waals surface area contributed by atoms with E-state index in [9.17, 15) is 4.79 Å². The molecule has 6 heteroatoms. The van der Waals surface area contributed by atoms with E-state index in [1.54, 1.807) is 19.2 Å². The second kappa shape index (κ2) is 6.99. The Morgan fingerprint density at radius 1 is 1.26 bits per heavy atom. The third kappa shape index (κ3) is 3.17.